The zero-order chi connectivity index (χ0) is 10.5. The molecule has 3 heteroatoms. The van der Waals surface area contributed by atoms with Crippen LogP contribution in [0.3, 0.4) is 0 Å². The first-order chi connectivity index (χ1) is 5.85. The molecule has 78 valence electrons. The van der Waals surface area contributed by atoms with Crippen molar-refractivity contribution in [3.8, 4) is 0 Å². The molecule has 0 rings (SSSR count). The molecular formula is C10H23N2O+. The highest BCUT2D eigenvalue weighted by Crippen LogP contribution is 2.01. The van der Waals surface area contributed by atoms with Gasteiger partial charge in [0.2, 0.25) is 0 Å². The number of hydrogen-bond acceptors (Lipinski definition) is 2. The molecular weight excluding hydrogens is 164 g/mol. The van der Waals surface area contributed by atoms with Crippen molar-refractivity contribution in [3.63, 3.8) is 0 Å². The van der Waals surface area contributed by atoms with Crippen LogP contribution in [0.15, 0.2) is 12.2 Å². The molecule has 0 heterocycles. The predicted molar refractivity (Wildman–Crippen MR) is 56.0 cm³/mol. The van der Waals surface area contributed by atoms with Crippen LogP contribution in [0.25, 0.3) is 0 Å². The third kappa shape index (κ3) is 7.96. The molecule has 0 fully saturated rings. The maximum atomic E-state index is 5.72. The summed E-state index contributed by atoms with van der Waals surface area (Å²) in [6.45, 7) is 8.76. The van der Waals surface area contributed by atoms with Gasteiger partial charge in [-0.15, -0.1) is 0 Å². The molecule has 3 nitrogen and oxygen atoms in total. The highest BCUT2D eigenvalue weighted by atomic mass is 16.7. The molecule has 0 aliphatic heterocycles. The van der Waals surface area contributed by atoms with E-state index in [4.69, 9.17) is 4.84 Å². The Hall–Kier alpha value is -0.380. The first kappa shape index (κ1) is 12.6. The van der Waals surface area contributed by atoms with Gasteiger partial charge >= 0.3 is 0 Å². The second kappa shape index (κ2) is 5.37. The fourth-order valence-electron chi connectivity index (χ4n) is 0.926. The van der Waals surface area contributed by atoms with Crippen LogP contribution in [-0.4, -0.2) is 38.6 Å². The second-order valence-electron chi connectivity index (χ2n) is 4.23. The van der Waals surface area contributed by atoms with E-state index in [1.54, 1.807) is 0 Å². The molecule has 13 heavy (non-hydrogen) atoms. The van der Waals surface area contributed by atoms with Crippen LogP contribution in [0.1, 0.15) is 20.3 Å². The summed E-state index contributed by atoms with van der Waals surface area (Å²) in [6, 6.07) is 0. The van der Waals surface area contributed by atoms with Crippen molar-refractivity contribution in [3.05, 3.63) is 12.2 Å². The van der Waals surface area contributed by atoms with E-state index in [1.165, 1.54) is 0 Å². The Morgan fingerprint density at radius 3 is 2.31 bits per heavy atom. The molecule has 0 aromatic carbocycles. The first-order valence-corrected chi connectivity index (χ1v) is 4.72. The van der Waals surface area contributed by atoms with Gasteiger partial charge in [-0.25, -0.2) is 0 Å². The molecule has 0 spiro atoms. The minimum Gasteiger partial charge on any atom is -0.283 e. The molecule has 0 saturated carbocycles. The normalized spacial score (nSPS) is 14.2. The molecule has 1 unspecified atom stereocenters. The van der Waals surface area contributed by atoms with Gasteiger partial charge < -0.3 is 0 Å². The minimum atomic E-state index is 0.108. The Labute approximate surface area is 81.9 Å². The average molecular weight is 187 g/mol. The molecule has 1 N–H and O–H groups in total. The Morgan fingerprint density at radius 2 is 2.00 bits per heavy atom. The van der Waals surface area contributed by atoms with Crippen molar-refractivity contribution in [2.75, 3.05) is 27.7 Å². The summed E-state index contributed by atoms with van der Waals surface area (Å²) in [6.07, 6.45) is 1.07. The van der Waals surface area contributed by atoms with Gasteiger partial charge in [-0.05, 0) is 13.3 Å². The zero-order valence-corrected chi connectivity index (χ0v) is 9.55. The Kier molecular flexibility index (Phi) is 5.21. The summed E-state index contributed by atoms with van der Waals surface area (Å²) in [7, 11) is 6.02. The van der Waals surface area contributed by atoms with Gasteiger partial charge in [-0.1, -0.05) is 19.1 Å². The van der Waals surface area contributed by atoms with E-state index in [-0.39, 0.29) is 6.23 Å². The maximum absolute atomic E-state index is 5.72. The number of nitrogens with one attached hydrogen (secondary N) is 1. The molecule has 0 aromatic rings. The topological polar surface area (TPSA) is 21.3 Å². The van der Waals surface area contributed by atoms with E-state index in [0.717, 1.165) is 18.5 Å². The van der Waals surface area contributed by atoms with Crippen LogP contribution in [0.4, 0.5) is 0 Å². The maximum Gasteiger partial charge on any atom is 0.167 e. The van der Waals surface area contributed by atoms with E-state index in [0.29, 0.717) is 4.65 Å². The Morgan fingerprint density at radius 1 is 1.46 bits per heavy atom. The Bertz CT molecular complexity index is 161. The number of hydrogen-bond donors (Lipinski definition) is 1. The fourth-order valence-corrected chi connectivity index (χ4v) is 0.926. The van der Waals surface area contributed by atoms with Crippen LogP contribution in [0.2, 0.25) is 0 Å². The largest absolute Gasteiger partial charge is 0.283 e. The summed E-state index contributed by atoms with van der Waals surface area (Å²) in [5, 5.41) is 3.29. The summed E-state index contributed by atoms with van der Waals surface area (Å²) < 4.78 is 0.516. The van der Waals surface area contributed by atoms with E-state index in [9.17, 15) is 0 Å². The number of quaternary nitrogens is 1. The van der Waals surface area contributed by atoms with E-state index >= 15 is 0 Å². The number of rotatable bonds is 6. The minimum absolute atomic E-state index is 0.108. The van der Waals surface area contributed by atoms with Crippen molar-refractivity contribution >= 4 is 0 Å². The lowest BCUT2D eigenvalue weighted by molar-refractivity contribution is -1.07. The van der Waals surface area contributed by atoms with E-state index in [2.05, 4.69) is 18.8 Å². The van der Waals surface area contributed by atoms with Crippen LogP contribution in [0, 0.1) is 0 Å². The van der Waals surface area contributed by atoms with Crippen molar-refractivity contribution in [2.45, 2.75) is 26.5 Å². The van der Waals surface area contributed by atoms with Gasteiger partial charge in [-0.3, -0.25) is 5.32 Å². The SMILES string of the molecule is C=C(C)CNC(CC)O[N+](C)(C)C. The van der Waals surface area contributed by atoms with Gasteiger partial charge in [0.15, 0.2) is 6.23 Å². The molecule has 0 saturated heterocycles. The highest BCUT2D eigenvalue weighted by Gasteiger charge is 2.16. The van der Waals surface area contributed by atoms with Gasteiger partial charge in [0.1, 0.15) is 0 Å². The highest BCUT2D eigenvalue weighted by molar-refractivity contribution is 4.90. The van der Waals surface area contributed by atoms with E-state index in [1.807, 2.05) is 28.1 Å². The van der Waals surface area contributed by atoms with Crippen molar-refractivity contribution < 1.29 is 9.48 Å². The summed E-state index contributed by atoms with van der Waals surface area (Å²) in [4.78, 5) is 5.72. The summed E-state index contributed by atoms with van der Waals surface area (Å²) in [5.41, 5.74) is 1.13. The quantitative estimate of drug-likeness (QED) is 0.295. The first-order valence-electron chi connectivity index (χ1n) is 4.72. The van der Waals surface area contributed by atoms with Crippen molar-refractivity contribution in [1.29, 1.82) is 0 Å². The van der Waals surface area contributed by atoms with Crippen LogP contribution in [0.5, 0.6) is 0 Å². The van der Waals surface area contributed by atoms with Gasteiger partial charge in [-0.2, -0.15) is 9.48 Å². The zero-order valence-electron chi connectivity index (χ0n) is 9.55. The summed E-state index contributed by atoms with van der Waals surface area (Å²) in [5.74, 6) is 0. The standard InChI is InChI=1S/C10H23N2O/c1-7-10(11-8-9(2)3)13-12(4,5)6/h10-11H,2,7-8H2,1,3-6H3/q+1. The molecule has 0 aliphatic rings. The van der Waals surface area contributed by atoms with Crippen molar-refractivity contribution in [2.24, 2.45) is 0 Å². The van der Waals surface area contributed by atoms with Gasteiger partial charge in [0.05, 0.1) is 21.1 Å². The molecule has 0 aromatic heterocycles. The predicted octanol–water partition coefficient (Wildman–Crippen LogP) is 1.53. The third-order valence-electron chi connectivity index (χ3n) is 1.45. The van der Waals surface area contributed by atoms with Crippen LogP contribution in [-0.2, 0) is 4.84 Å². The van der Waals surface area contributed by atoms with Crippen molar-refractivity contribution in [1.82, 2.24) is 5.32 Å². The lowest BCUT2D eigenvalue weighted by Crippen LogP contribution is -2.44. The lowest BCUT2D eigenvalue weighted by Gasteiger charge is -2.27. The van der Waals surface area contributed by atoms with Crippen LogP contribution < -0.4 is 5.32 Å². The lowest BCUT2D eigenvalue weighted by atomic mass is 10.3. The second-order valence-corrected chi connectivity index (χ2v) is 4.23. The van der Waals surface area contributed by atoms with Crippen LogP contribution >= 0.6 is 0 Å². The average Bonchev–Trinajstić information content (AvgIpc) is 1.95. The van der Waals surface area contributed by atoms with Gasteiger partial charge in [0, 0.05) is 6.54 Å². The van der Waals surface area contributed by atoms with E-state index < -0.39 is 0 Å². The fraction of sp³-hybridized carbons (Fsp3) is 0.800. The Balaban J connectivity index is 3.83. The summed E-state index contributed by atoms with van der Waals surface area (Å²) >= 11 is 0. The smallest absolute Gasteiger partial charge is 0.167 e. The van der Waals surface area contributed by atoms with Gasteiger partial charge in [0.25, 0.3) is 0 Å². The molecule has 0 amide bonds. The molecule has 1 atom stereocenters. The molecule has 0 radical (unpaired) electrons. The molecule has 0 aliphatic carbocycles. The molecule has 0 bridgehead atoms. The monoisotopic (exact) mass is 187 g/mol. The number of nitrogens with zero attached hydrogens (tertiary/aromatic N) is 1. The number of hydroxylamine groups is 3. The third-order valence-corrected chi connectivity index (χ3v) is 1.45.